The molecule has 0 bridgehead atoms. The number of aromatic nitrogens is 2. The zero-order valence-corrected chi connectivity index (χ0v) is 8.54. The second kappa shape index (κ2) is 4.26. The summed E-state index contributed by atoms with van der Waals surface area (Å²) in [5.74, 6) is -0.851. The number of carboxylic acid groups (broad SMARTS) is 1. The lowest BCUT2D eigenvalue weighted by Crippen LogP contribution is -2.50. The molecule has 0 atom stereocenters. The molecule has 1 aromatic rings. The number of hydrogen-bond donors (Lipinski definition) is 1. The van der Waals surface area contributed by atoms with Gasteiger partial charge in [0.1, 0.15) is 0 Å². The van der Waals surface area contributed by atoms with Crippen LogP contribution in [-0.2, 0) is 4.79 Å². The third-order valence-electron chi connectivity index (χ3n) is 2.54. The number of aliphatic carboxylic acids is 1. The van der Waals surface area contributed by atoms with E-state index in [0.29, 0.717) is 18.7 Å². The molecule has 1 N–H and O–H groups in total. The zero-order valence-electron chi connectivity index (χ0n) is 8.54. The summed E-state index contributed by atoms with van der Waals surface area (Å²) in [5, 5.41) is 15.8. The fourth-order valence-electron chi connectivity index (χ4n) is 1.71. The maximum absolute atomic E-state index is 11.8. The van der Waals surface area contributed by atoms with Gasteiger partial charge in [0.25, 0.3) is 5.91 Å². The van der Waals surface area contributed by atoms with Crippen LogP contribution in [0.4, 0.5) is 0 Å². The second-order valence-electron chi connectivity index (χ2n) is 3.81. The molecule has 0 radical (unpaired) electrons. The molecule has 6 nitrogen and oxygen atoms in total. The van der Waals surface area contributed by atoms with E-state index >= 15 is 0 Å². The summed E-state index contributed by atoms with van der Waals surface area (Å²) in [7, 11) is 0. The fourth-order valence-corrected chi connectivity index (χ4v) is 1.71. The molecule has 0 unspecified atom stereocenters. The molecule has 16 heavy (non-hydrogen) atoms. The third kappa shape index (κ3) is 2.16. The molecular weight excluding hydrogens is 210 g/mol. The Morgan fingerprint density at radius 3 is 2.75 bits per heavy atom. The highest BCUT2D eigenvalue weighted by molar-refractivity contribution is 5.94. The van der Waals surface area contributed by atoms with E-state index in [0.717, 1.165) is 0 Å². The van der Waals surface area contributed by atoms with Crippen LogP contribution in [0.2, 0.25) is 0 Å². The normalized spacial score (nSPS) is 15.6. The number of amides is 1. The van der Waals surface area contributed by atoms with Crippen molar-refractivity contribution >= 4 is 11.9 Å². The molecule has 1 aliphatic rings. The minimum absolute atomic E-state index is 0.0799. The number of carbonyl (C=O) groups is 2. The van der Waals surface area contributed by atoms with Gasteiger partial charge < -0.3 is 10.0 Å². The summed E-state index contributed by atoms with van der Waals surface area (Å²) in [5.41, 5.74) is 0.490. The largest absolute Gasteiger partial charge is 0.481 e. The van der Waals surface area contributed by atoms with Gasteiger partial charge in [0.15, 0.2) is 0 Å². The van der Waals surface area contributed by atoms with Crippen molar-refractivity contribution in [1.29, 1.82) is 0 Å². The summed E-state index contributed by atoms with van der Waals surface area (Å²) in [6, 6.07) is 1.60. The first-order valence-electron chi connectivity index (χ1n) is 4.94. The quantitative estimate of drug-likeness (QED) is 0.778. The molecule has 2 heterocycles. The lowest BCUT2D eigenvalue weighted by atomic mass is 9.96. The molecule has 0 aromatic carbocycles. The first-order chi connectivity index (χ1) is 7.66. The standard InChI is InChI=1S/C10H11N3O3/c14-9(15)3-7-5-13(6-7)10(16)8-1-2-11-12-4-8/h1-2,4,7H,3,5-6H2,(H,14,15). The summed E-state index contributed by atoms with van der Waals surface area (Å²) < 4.78 is 0. The molecular formula is C10H11N3O3. The van der Waals surface area contributed by atoms with Gasteiger partial charge in [-0.1, -0.05) is 0 Å². The Bertz CT molecular complexity index is 401. The van der Waals surface area contributed by atoms with E-state index < -0.39 is 5.97 Å². The van der Waals surface area contributed by atoms with Crippen molar-refractivity contribution in [3.05, 3.63) is 24.0 Å². The average molecular weight is 221 g/mol. The van der Waals surface area contributed by atoms with Crippen molar-refractivity contribution in [2.45, 2.75) is 6.42 Å². The van der Waals surface area contributed by atoms with Gasteiger partial charge in [-0.15, -0.1) is 0 Å². The Morgan fingerprint density at radius 1 is 1.44 bits per heavy atom. The predicted octanol–water partition coefficient (Wildman–Crippen LogP) is 0.0233. The summed E-state index contributed by atoms with van der Waals surface area (Å²) in [4.78, 5) is 23.8. The van der Waals surface area contributed by atoms with Crippen LogP contribution in [0.15, 0.2) is 18.5 Å². The van der Waals surface area contributed by atoms with Gasteiger partial charge in [-0.3, -0.25) is 9.59 Å². The molecule has 1 aromatic heterocycles. The number of likely N-dealkylation sites (tertiary alicyclic amines) is 1. The highest BCUT2D eigenvalue weighted by Crippen LogP contribution is 2.20. The summed E-state index contributed by atoms with van der Waals surface area (Å²) in [6.45, 7) is 1.01. The van der Waals surface area contributed by atoms with Crippen LogP contribution >= 0.6 is 0 Å². The van der Waals surface area contributed by atoms with Crippen molar-refractivity contribution in [1.82, 2.24) is 15.1 Å². The lowest BCUT2D eigenvalue weighted by molar-refractivity contribution is -0.139. The van der Waals surface area contributed by atoms with Crippen molar-refractivity contribution in [2.75, 3.05) is 13.1 Å². The number of carbonyl (C=O) groups excluding carboxylic acids is 1. The SMILES string of the molecule is O=C(O)CC1CN(C(=O)c2ccnnc2)C1. The van der Waals surface area contributed by atoms with Crippen LogP contribution in [0.5, 0.6) is 0 Å². The van der Waals surface area contributed by atoms with E-state index in [2.05, 4.69) is 10.2 Å². The van der Waals surface area contributed by atoms with Crippen molar-refractivity contribution in [2.24, 2.45) is 5.92 Å². The van der Waals surface area contributed by atoms with Gasteiger partial charge in [-0.2, -0.15) is 10.2 Å². The number of hydrogen-bond acceptors (Lipinski definition) is 4. The average Bonchev–Trinajstić information content (AvgIpc) is 2.23. The van der Waals surface area contributed by atoms with Gasteiger partial charge in [0.05, 0.1) is 24.4 Å². The number of rotatable bonds is 3. The molecule has 1 amide bonds. The molecule has 1 saturated heterocycles. The Kier molecular flexibility index (Phi) is 2.80. The van der Waals surface area contributed by atoms with Crippen molar-refractivity contribution in [3.8, 4) is 0 Å². The maximum Gasteiger partial charge on any atom is 0.303 e. The van der Waals surface area contributed by atoms with Gasteiger partial charge in [0.2, 0.25) is 0 Å². The first kappa shape index (κ1) is 10.5. The Balaban J connectivity index is 1.88. The van der Waals surface area contributed by atoms with E-state index in [4.69, 9.17) is 5.11 Å². The first-order valence-corrected chi connectivity index (χ1v) is 4.94. The van der Waals surface area contributed by atoms with E-state index in [1.807, 2.05) is 0 Å². The Morgan fingerprint density at radius 2 is 2.19 bits per heavy atom. The van der Waals surface area contributed by atoms with E-state index in [9.17, 15) is 9.59 Å². The van der Waals surface area contributed by atoms with E-state index in [-0.39, 0.29) is 18.2 Å². The van der Waals surface area contributed by atoms with Crippen LogP contribution in [0.1, 0.15) is 16.8 Å². The summed E-state index contributed by atoms with van der Waals surface area (Å²) in [6.07, 6.45) is 2.99. The van der Waals surface area contributed by atoms with Crippen LogP contribution < -0.4 is 0 Å². The minimum Gasteiger partial charge on any atom is -0.481 e. The van der Waals surface area contributed by atoms with E-state index in [1.165, 1.54) is 12.4 Å². The fraction of sp³-hybridized carbons (Fsp3) is 0.400. The Labute approximate surface area is 91.9 Å². The van der Waals surface area contributed by atoms with Crippen LogP contribution in [0.25, 0.3) is 0 Å². The molecule has 2 rings (SSSR count). The molecule has 84 valence electrons. The van der Waals surface area contributed by atoms with Gasteiger partial charge in [-0.05, 0) is 6.07 Å². The molecule has 1 aliphatic heterocycles. The number of nitrogens with zero attached hydrogens (tertiary/aromatic N) is 3. The highest BCUT2D eigenvalue weighted by atomic mass is 16.4. The maximum atomic E-state index is 11.8. The molecule has 0 aliphatic carbocycles. The summed E-state index contributed by atoms with van der Waals surface area (Å²) >= 11 is 0. The predicted molar refractivity (Wildman–Crippen MR) is 53.7 cm³/mol. The van der Waals surface area contributed by atoms with Gasteiger partial charge >= 0.3 is 5.97 Å². The van der Waals surface area contributed by atoms with Crippen LogP contribution in [-0.4, -0.2) is 45.2 Å². The molecule has 0 saturated carbocycles. The van der Waals surface area contributed by atoms with Gasteiger partial charge in [-0.25, -0.2) is 0 Å². The third-order valence-corrected chi connectivity index (χ3v) is 2.54. The van der Waals surface area contributed by atoms with Crippen molar-refractivity contribution < 1.29 is 14.7 Å². The van der Waals surface area contributed by atoms with E-state index in [1.54, 1.807) is 11.0 Å². The second-order valence-corrected chi connectivity index (χ2v) is 3.81. The van der Waals surface area contributed by atoms with Gasteiger partial charge in [0, 0.05) is 19.0 Å². The smallest absolute Gasteiger partial charge is 0.303 e. The topological polar surface area (TPSA) is 83.4 Å². The van der Waals surface area contributed by atoms with Crippen LogP contribution in [0, 0.1) is 5.92 Å². The molecule has 6 heteroatoms. The molecule has 1 fully saturated rings. The number of carboxylic acids is 1. The highest BCUT2D eigenvalue weighted by Gasteiger charge is 2.32. The lowest BCUT2D eigenvalue weighted by Gasteiger charge is -2.38. The van der Waals surface area contributed by atoms with Crippen molar-refractivity contribution in [3.63, 3.8) is 0 Å². The monoisotopic (exact) mass is 221 g/mol. The minimum atomic E-state index is -0.817. The molecule has 0 spiro atoms. The van der Waals surface area contributed by atoms with Crippen LogP contribution in [0.3, 0.4) is 0 Å². The zero-order chi connectivity index (χ0) is 11.5. The Hall–Kier alpha value is -1.98.